The number of hydrogen-bond donors (Lipinski definition) is 0. The second-order valence-corrected chi connectivity index (χ2v) is 9.87. The fourth-order valence-electron chi connectivity index (χ4n) is 2.02. The van der Waals surface area contributed by atoms with Crippen molar-refractivity contribution in [3.63, 3.8) is 0 Å². The van der Waals surface area contributed by atoms with Crippen molar-refractivity contribution in [1.82, 2.24) is 0 Å². The van der Waals surface area contributed by atoms with E-state index in [0.717, 1.165) is 8.95 Å². The summed E-state index contributed by atoms with van der Waals surface area (Å²) >= 11 is 13.6. The highest BCUT2D eigenvalue weighted by Gasteiger charge is 2.35. The summed E-state index contributed by atoms with van der Waals surface area (Å²) in [5, 5.41) is 0. The molecule has 0 spiro atoms. The van der Waals surface area contributed by atoms with Gasteiger partial charge in [0.05, 0.1) is 8.95 Å². The fraction of sp³-hybridized carbons (Fsp3) is 0. The highest BCUT2D eigenvalue weighted by atomic mass is 79.9. The molecule has 0 saturated carbocycles. The third-order valence-electron chi connectivity index (χ3n) is 3.21. The second-order valence-electron chi connectivity index (χ2n) is 5.14. The first-order valence-electron chi connectivity index (χ1n) is 7.50. The Kier molecular flexibility index (Phi) is 7.08. The minimum absolute atomic E-state index is 0.315. The van der Waals surface area contributed by atoms with E-state index in [2.05, 4.69) is 63.7 Å². The Morgan fingerprint density at radius 3 is 1.56 bits per heavy atom. The van der Waals surface area contributed by atoms with Gasteiger partial charge >= 0.3 is 7.82 Å². The van der Waals surface area contributed by atoms with E-state index in [1.165, 1.54) is 0 Å². The number of para-hydroxylation sites is 1. The average molecular weight is 642 g/mol. The number of phosphoric ester groups is 1. The summed E-state index contributed by atoms with van der Waals surface area (Å²) in [7, 11) is -4.08. The molecule has 0 radical (unpaired) electrons. The Labute approximate surface area is 190 Å². The van der Waals surface area contributed by atoms with Gasteiger partial charge in [0.2, 0.25) is 0 Å². The maximum atomic E-state index is 13.5. The van der Waals surface area contributed by atoms with Gasteiger partial charge in [-0.15, -0.1) is 0 Å². The van der Waals surface area contributed by atoms with Crippen molar-refractivity contribution in [2.45, 2.75) is 0 Å². The Morgan fingerprint density at radius 2 is 1.07 bits per heavy atom. The van der Waals surface area contributed by atoms with Crippen LogP contribution < -0.4 is 13.6 Å². The quantitative estimate of drug-likeness (QED) is 0.254. The van der Waals surface area contributed by atoms with Crippen LogP contribution in [0, 0.1) is 0 Å². The van der Waals surface area contributed by atoms with Crippen LogP contribution in [0.25, 0.3) is 0 Å². The molecular formula is C18H11Br4O4P. The molecular weight excluding hydrogens is 631 g/mol. The highest BCUT2D eigenvalue weighted by molar-refractivity contribution is 9.13. The first-order valence-corrected chi connectivity index (χ1v) is 12.1. The van der Waals surface area contributed by atoms with Gasteiger partial charge in [-0.2, -0.15) is 4.57 Å². The maximum Gasteiger partial charge on any atom is 0.647 e. The molecule has 0 atom stereocenters. The van der Waals surface area contributed by atoms with E-state index in [0.29, 0.717) is 26.2 Å². The lowest BCUT2D eigenvalue weighted by atomic mass is 10.3. The third kappa shape index (κ3) is 5.39. The summed E-state index contributed by atoms with van der Waals surface area (Å²) in [5.41, 5.74) is 0. The number of rotatable bonds is 6. The second kappa shape index (κ2) is 9.14. The molecule has 0 aromatic heterocycles. The van der Waals surface area contributed by atoms with Gasteiger partial charge in [-0.3, -0.25) is 0 Å². The summed E-state index contributed by atoms with van der Waals surface area (Å²) in [4.78, 5) is 0. The van der Waals surface area contributed by atoms with Gasteiger partial charge in [0.15, 0.2) is 0 Å². The summed E-state index contributed by atoms with van der Waals surface area (Å²) in [6.07, 6.45) is 0. The molecule has 0 aliphatic rings. The molecule has 0 saturated heterocycles. The van der Waals surface area contributed by atoms with Crippen LogP contribution in [0.1, 0.15) is 0 Å². The molecule has 3 aromatic carbocycles. The Morgan fingerprint density at radius 1 is 0.593 bits per heavy atom. The molecule has 0 unspecified atom stereocenters. The first kappa shape index (κ1) is 20.9. The average Bonchev–Trinajstić information content (AvgIpc) is 2.64. The molecule has 0 aliphatic carbocycles. The van der Waals surface area contributed by atoms with Gasteiger partial charge in [0, 0.05) is 8.95 Å². The minimum Gasteiger partial charge on any atom is -0.386 e. The highest BCUT2D eigenvalue weighted by Crippen LogP contribution is 2.53. The lowest BCUT2D eigenvalue weighted by molar-refractivity contribution is 0.297. The Hall–Kier alpha value is -0.790. The summed E-state index contributed by atoms with van der Waals surface area (Å²) < 4.78 is 33.3. The first-order chi connectivity index (χ1) is 12.9. The van der Waals surface area contributed by atoms with E-state index in [4.69, 9.17) is 13.6 Å². The van der Waals surface area contributed by atoms with E-state index >= 15 is 0 Å². The molecule has 140 valence electrons. The molecule has 0 amide bonds. The normalized spacial score (nSPS) is 11.1. The van der Waals surface area contributed by atoms with Crippen LogP contribution in [0.2, 0.25) is 0 Å². The molecule has 9 heteroatoms. The molecule has 3 aromatic rings. The van der Waals surface area contributed by atoms with E-state index in [1.54, 1.807) is 48.5 Å². The molecule has 0 bridgehead atoms. The zero-order chi connectivity index (χ0) is 19.4. The molecule has 3 rings (SSSR count). The maximum absolute atomic E-state index is 13.5. The van der Waals surface area contributed by atoms with Crippen molar-refractivity contribution in [2.24, 2.45) is 0 Å². The lowest BCUT2D eigenvalue weighted by Gasteiger charge is -2.21. The molecule has 27 heavy (non-hydrogen) atoms. The Bertz CT molecular complexity index is 940. The number of phosphoric acid groups is 1. The standard InChI is InChI=1S/C18H11Br4O4P/c19-13-8-4-10-15(17(13)21)25-27(23,24-12-6-2-1-3-7-12)26-16-11-5-9-14(20)18(16)22/h1-11H. The van der Waals surface area contributed by atoms with Crippen molar-refractivity contribution in [2.75, 3.05) is 0 Å². The van der Waals surface area contributed by atoms with Crippen LogP contribution in [0.3, 0.4) is 0 Å². The predicted molar refractivity (Wildman–Crippen MR) is 120 cm³/mol. The predicted octanol–water partition coefficient (Wildman–Crippen LogP) is 8.38. The summed E-state index contributed by atoms with van der Waals surface area (Å²) in [6.45, 7) is 0. The summed E-state index contributed by atoms with van der Waals surface area (Å²) in [5.74, 6) is 0.989. The molecule has 4 nitrogen and oxygen atoms in total. The van der Waals surface area contributed by atoms with Crippen LogP contribution in [0.15, 0.2) is 84.6 Å². The molecule has 0 N–H and O–H groups in total. The zero-order valence-corrected chi connectivity index (χ0v) is 20.7. The Balaban J connectivity index is 1.99. The van der Waals surface area contributed by atoms with E-state index in [-0.39, 0.29) is 0 Å². The SMILES string of the molecule is O=P(Oc1ccccc1)(Oc1cccc(Br)c1Br)Oc1cccc(Br)c1Br. The van der Waals surface area contributed by atoms with E-state index in [1.807, 2.05) is 18.2 Å². The largest absolute Gasteiger partial charge is 0.647 e. The van der Waals surface area contributed by atoms with Crippen molar-refractivity contribution in [1.29, 1.82) is 0 Å². The van der Waals surface area contributed by atoms with Crippen LogP contribution >= 0.6 is 71.5 Å². The molecule has 0 heterocycles. The number of halogens is 4. The lowest BCUT2D eigenvalue weighted by Crippen LogP contribution is -2.08. The number of benzene rings is 3. The van der Waals surface area contributed by atoms with Gasteiger partial charge < -0.3 is 13.6 Å². The van der Waals surface area contributed by atoms with Gasteiger partial charge in [-0.05, 0) is 100 Å². The van der Waals surface area contributed by atoms with Crippen LogP contribution in [-0.2, 0) is 4.57 Å². The van der Waals surface area contributed by atoms with Crippen LogP contribution in [-0.4, -0.2) is 0 Å². The van der Waals surface area contributed by atoms with E-state index < -0.39 is 7.82 Å². The van der Waals surface area contributed by atoms with Crippen molar-refractivity contribution < 1.29 is 18.1 Å². The monoisotopic (exact) mass is 638 g/mol. The van der Waals surface area contributed by atoms with Crippen molar-refractivity contribution in [3.05, 3.63) is 84.6 Å². The summed E-state index contributed by atoms with van der Waals surface area (Å²) in [6, 6.07) is 19.2. The fourth-order valence-corrected chi connectivity index (χ4v) is 4.93. The van der Waals surface area contributed by atoms with Gasteiger partial charge in [0.1, 0.15) is 17.2 Å². The van der Waals surface area contributed by atoms with Crippen molar-refractivity contribution >= 4 is 71.5 Å². The van der Waals surface area contributed by atoms with Gasteiger partial charge in [0.25, 0.3) is 0 Å². The smallest absolute Gasteiger partial charge is 0.386 e. The van der Waals surface area contributed by atoms with Crippen LogP contribution in [0.5, 0.6) is 17.2 Å². The zero-order valence-electron chi connectivity index (χ0n) is 13.4. The number of hydrogen-bond acceptors (Lipinski definition) is 4. The molecule has 0 aliphatic heterocycles. The third-order valence-corrected chi connectivity index (χ3v) is 8.51. The van der Waals surface area contributed by atoms with Crippen molar-refractivity contribution in [3.8, 4) is 17.2 Å². The molecule has 0 fully saturated rings. The van der Waals surface area contributed by atoms with Crippen LogP contribution in [0.4, 0.5) is 0 Å². The topological polar surface area (TPSA) is 44.8 Å². The minimum atomic E-state index is -4.08. The van der Waals surface area contributed by atoms with Gasteiger partial charge in [-0.1, -0.05) is 30.3 Å². The van der Waals surface area contributed by atoms with Gasteiger partial charge in [-0.25, -0.2) is 0 Å². The van der Waals surface area contributed by atoms with E-state index in [9.17, 15) is 4.57 Å².